The molecule has 0 saturated carbocycles. The molecule has 0 spiro atoms. The van der Waals surface area contributed by atoms with Crippen molar-refractivity contribution in [3.05, 3.63) is 117 Å². The molecule has 3 aromatic carbocycles. The normalized spacial score (nSPS) is 11.9. The zero-order valence-electron chi connectivity index (χ0n) is 19.7. The van der Waals surface area contributed by atoms with Crippen LogP contribution in [-0.2, 0) is 11.3 Å². The number of amides is 1. The number of carbonyl (C=O) groups excluding carboxylic acids is 1. The van der Waals surface area contributed by atoms with Crippen molar-refractivity contribution in [2.45, 2.75) is 17.0 Å². The maximum atomic E-state index is 13.6. The van der Waals surface area contributed by atoms with Gasteiger partial charge >= 0.3 is 0 Å². The van der Waals surface area contributed by atoms with Crippen LogP contribution in [0.4, 0.5) is 11.4 Å². The van der Waals surface area contributed by atoms with Gasteiger partial charge < -0.3 is 5.32 Å². The number of aromatic nitrogens is 4. The fourth-order valence-corrected chi connectivity index (χ4v) is 5.29. The lowest BCUT2D eigenvalue weighted by molar-refractivity contribution is -0.384. The van der Waals surface area contributed by atoms with Crippen LogP contribution >= 0.6 is 23.4 Å². The number of non-ortho nitro benzene ring substituents is 1. The molecule has 1 N–H and O–H groups in total. The predicted molar refractivity (Wildman–Crippen MR) is 147 cm³/mol. The highest BCUT2D eigenvalue weighted by molar-refractivity contribution is 8.00. The van der Waals surface area contributed by atoms with Crippen LogP contribution in [0.2, 0.25) is 5.02 Å². The molecular weight excluding hydrogens is 528 g/mol. The maximum Gasteiger partial charge on any atom is 0.271 e. The van der Waals surface area contributed by atoms with Crippen molar-refractivity contribution in [3.8, 4) is 0 Å². The lowest BCUT2D eigenvalue weighted by Gasteiger charge is -2.17. The van der Waals surface area contributed by atoms with Crippen LogP contribution in [0.15, 0.2) is 95.4 Å². The molecule has 0 saturated heterocycles. The number of nitro groups is 1. The highest BCUT2D eigenvalue weighted by Gasteiger charge is 2.27. The fraction of sp³-hybridized carbons (Fsp3) is 0.0769. The molecule has 0 unspecified atom stereocenters. The monoisotopic (exact) mass is 546 g/mol. The summed E-state index contributed by atoms with van der Waals surface area (Å²) in [5.74, 6) is -0.0980. The first-order chi connectivity index (χ1) is 18.4. The number of nitrogens with zero attached hydrogens (tertiary/aromatic N) is 5. The first-order valence-electron chi connectivity index (χ1n) is 11.3. The summed E-state index contributed by atoms with van der Waals surface area (Å²) in [6, 6.07) is 20.0. The molecular formula is C26H19ClN6O4S. The highest BCUT2D eigenvalue weighted by Crippen LogP contribution is 2.37. The van der Waals surface area contributed by atoms with Crippen LogP contribution in [0.3, 0.4) is 0 Å². The van der Waals surface area contributed by atoms with E-state index in [1.165, 1.54) is 22.8 Å². The van der Waals surface area contributed by atoms with Gasteiger partial charge in [0.25, 0.3) is 11.2 Å². The van der Waals surface area contributed by atoms with E-state index in [2.05, 4.69) is 22.1 Å². The van der Waals surface area contributed by atoms with Gasteiger partial charge in [-0.15, -0.1) is 16.8 Å². The lowest BCUT2D eigenvalue weighted by atomic mass is 10.1. The number of para-hydroxylation sites is 1. The Morgan fingerprint density at radius 2 is 1.87 bits per heavy atom. The fourth-order valence-electron chi connectivity index (χ4n) is 4.03. The summed E-state index contributed by atoms with van der Waals surface area (Å²) in [6.07, 6.45) is 1.60. The summed E-state index contributed by atoms with van der Waals surface area (Å²) in [4.78, 5) is 37.2. The topological polar surface area (TPSA) is 124 Å². The Balaban J connectivity index is 1.59. The van der Waals surface area contributed by atoms with Gasteiger partial charge in [-0.05, 0) is 23.8 Å². The number of allylic oxidation sites excluding steroid dienone is 1. The average Bonchev–Trinajstić information content (AvgIpc) is 3.34. The largest absolute Gasteiger partial charge is 0.323 e. The molecule has 38 heavy (non-hydrogen) atoms. The molecule has 0 bridgehead atoms. The summed E-state index contributed by atoms with van der Waals surface area (Å²) < 4.78 is 3.22. The Morgan fingerprint density at radius 3 is 2.58 bits per heavy atom. The third kappa shape index (κ3) is 4.64. The second-order valence-corrected chi connectivity index (χ2v) is 9.64. The van der Waals surface area contributed by atoms with Gasteiger partial charge in [0.15, 0.2) is 5.16 Å². The molecule has 12 heteroatoms. The summed E-state index contributed by atoms with van der Waals surface area (Å²) in [7, 11) is 0. The van der Waals surface area contributed by atoms with Crippen LogP contribution in [0.25, 0.3) is 16.7 Å². The average molecular weight is 547 g/mol. The van der Waals surface area contributed by atoms with Crippen molar-refractivity contribution in [3.63, 3.8) is 0 Å². The molecule has 1 amide bonds. The first-order valence-corrected chi connectivity index (χ1v) is 12.6. The van der Waals surface area contributed by atoms with E-state index in [9.17, 15) is 19.7 Å². The molecule has 0 aliphatic carbocycles. The second kappa shape index (κ2) is 10.5. The maximum absolute atomic E-state index is 13.6. The number of nitrogens with one attached hydrogen (secondary N) is 1. The molecule has 5 aromatic rings. The molecule has 2 heterocycles. The van der Waals surface area contributed by atoms with Gasteiger partial charge in [-0.2, -0.15) is 0 Å². The molecule has 5 rings (SSSR count). The highest BCUT2D eigenvalue weighted by atomic mass is 35.5. The minimum Gasteiger partial charge on any atom is -0.323 e. The molecule has 0 fully saturated rings. The van der Waals surface area contributed by atoms with Crippen LogP contribution in [0.5, 0.6) is 0 Å². The summed E-state index contributed by atoms with van der Waals surface area (Å²) in [5.41, 5.74) is 1.12. The number of rotatable bonds is 8. The van der Waals surface area contributed by atoms with Crippen molar-refractivity contribution in [1.29, 1.82) is 0 Å². The van der Waals surface area contributed by atoms with Crippen molar-refractivity contribution in [2.24, 2.45) is 0 Å². The summed E-state index contributed by atoms with van der Waals surface area (Å²) in [6.45, 7) is 3.97. The molecule has 10 nitrogen and oxygen atoms in total. The van der Waals surface area contributed by atoms with Gasteiger partial charge in [0.1, 0.15) is 5.25 Å². The quantitative estimate of drug-likeness (QED) is 0.122. The zero-order chi connectivity index (χ0) is 26.8. The standard InChI is InChI=1S/C26H19ClN6O4S/c1-2-14-31-24(35)18-10-6-7-11-21(18)32-25(31)29-30-26(32)38-22(16-8-4-3-5-9-16)23(34)28-20-13-12-17(33(36)37)15-19(20)27/h2-13,15,22H,1,14H2,(H,28,34)/t22-/m1/s1. The van der Waals surface area contributed by atoms with E-state index in [0.29, 0.717) is 27.4 Å². The molecule has 0 aliphatic rings. The second-order valence-electron chi connectivity index (χ2n) is 8.16. The van der Waals surface area contributed by atoms with E-state index in [4.69, 9.17) is 11.6 Å². The van der Waals surface area contributed by atoms with Crippen LogP contribution in [-0.4, -0.2) is 30.0 Å². The van der Waals surface area contributed by atoms with E-state index in [1.54, 1.807) is 28.7 Å². The van der Waals surface area contributed by atoms with Crippen LogP contribution in [0, 0.1) is 10.1 Å². The number of thioether (sulfide) groups is 1. The van der Waals surface area contributed by atoms with Crippen molar-refractivity contribution in [2.75, 3.05) is 5.32 Å². The smallest absolute Gasteiger partial charge is 0.271 e. The van der Waals surface area contributed by atoms with E-state index in [1.807, 2.05) is 36.4 Å². The number of hydrogen-bond acceptors (Lipinski definition) is 7. The third-order valence-corrected chi connectivity index (χ3v) is 7.28. The molecule has 190 valence electrons. The zero-order valence-corrected chi connectivity index (χ0v) is 21.2. The van der Waals surface area contributed by atoms with Gasteiger partial charge in [-0.3, -0.25) is 28.7 Å². The van der Waals surface area contributed by atoms with Gasteiger partial charge in [0, 0.05) is 18.7 Å². The Labute approximate surface area is 224 Å². The molecule has 1 atom stereocenters. The van der Waals surface area contributed by atoms with Crippen LogP contribution in [0.1, 0.15) is 10.8 Å². The minimum absolute atomic E-state index is 0.0386. The third-order valence-electron chi connectivity index (χ3n) is 5.77. The number of halogens is 1. The van der Waals surface area contributed by atoms with E-state index in [-0.39, 0.29) is 28.5 Å². The van der Waals surface area contributed by atoms with Gasteiger partial charge in [0.2, 0.25) is 11.7 Å². The molecule has 2 aromatic heterocycles. The predicted octanol–water partition coefficient (Wildman–Crippen LogP) is 5.26. The Morgan fingerprint density at radius 1 is 1.13 bits per heavy atom. The number of fused-ring (bicyclic) bond motifs is 3. The minimum atomic E-state index is -0.798. The van der Waals surface area contributed by atoms with E-state index >= 15 is 0 Å². The number of anilines is 1. The van der Waals surface area contributed by atoms with Gasteiger partial charge in [0.05, 0.1) is 26.5 Å². The number of benzene rings is 3. The van der Waals surface area contributed by atoms with Gasteiger partial charge in [-0.25, -0.2) is 0 Å². The lowest BCUT2D eigenvalue weighted by Crippen LogP contribution is -2.23. The number of hydrogen-bond donors (Lipinski definition) is 1. The van der Waals surface area contributed by atoms with Crippen molar-refractivity contribution >= 4 is 57.3 Å². The Hall–Kier alpha value is -4.48. The Kier molecular flexibility index (Phi) is 6.95. The first kappa shape index (κ1) is 25.2. The van der Waals surface area contributed by atoms with Crippen LogP contribution < -0.4 is 10.9 Å². The summed E-state index contributed by atoms with van der Waals surface area (Å²) >= 11 is 7.38. The SMILES string of the molecule is C=CCn1c(=O)c2ccccc2n2c(S[C@@H](C(=O)Nc3ccc([N+](=O)[O-])cc3Cl)c3ccccc3)nnc12. The summed E-state index contributed by atoms with van der Waals surface area (Å²) in [5, 5.41) is 22.5. The number of nitro benzene ring substituents is 1. The van der Waals surface area contributed by atoms with Crippen molar-refractivity contribution in [1.82, 2.24) is 19.2 Å². The van der Waals surface area contributed by atoms with Gasteiger partial charge in [-0.1, -0.05) is 71.9 Å². The van der Waals surface area contributed by atoms with E-state index < -0.39 is 16.1 Å². The van der Waals surface area contributed by atoms with Crippen molar-refractivity contribution < 1.29 is 9.72 Å². The Bertz CT molecular complexity index is 1770. The van der Waals surface area contributed by atoms with E-state index in [0.717, 1.165) is 11.8 Å². The molecule has 0 radical (unpaired) electrons. The molecule has 0 aliphatic heterocycles. The number of carbonyl (C=O) groups is 1.